The first-order chi connectivity index (χ1) is 13.0. The number of ether oxygens (including phenoxy) is 5. The summed E-state index contributed by atoms with van der Waals surface area (Å²) in [6.45, 7) is 5.13. The van der Waals surface area contributed by atoms with Crippen LogP contribution in [0, 0.1) is 0 Å². The van der Waals surface area contributed by atoms with Crippen LogP contribution in [0.3, 0.4) is 0 Å². The number of nitrogen functional groups attached to an aromatic ring is 1. The molecule has 0 radical (unpaired) electrons. The Balaban J connectivity index is 1.61. The largest absolute Gasteiger partial charge is 0.468 e. The van der Waals surface area contributed by atoms with Crippen molar-refractivity contribution in [2.75, 3.05) is 32.7 Å². The van der Waals surface area contributed by atoms with E-state index in [1.807, 2.05) is 18.4 Å². The van der Waals surface area contributed by atoms with Crippen molar-refractivity contribution in [3.8, 4) is 12.0 Å². The highest BCUT2D eigenvalue weighted by molar-refractivity contribution is 5.83. The second-order valence-electron chi connectivity index (χ2n) is 7.12. The van der Waals surface area contributed by atoms with Crippen LogP contribution in [0.4, 0.5) is 5.82 Å². The molecular formula is C17H25N5O5. The molecule has 148 valence electrons. The summed E-state index contributed by atoms with van der Waals surface area (Å²) in [6, 6.07) is 0.553. The lowest BCUT2D eigenvalue weighted by Gasteiger charge is -2.24. The quantitative estimate of drug-likeness (QED) is 0.827. The van der Waals surface area contributed by atoms with Crippen molar-refractivity contribution in [1.82, 2.24) is 19.5 Å². The third kappa shape index (κ3) is 3.64. The van der Waals surface area contributed by atoms with Crippen LogP contribution in [-0.2, 0) is 14.2 Å². The molecule has 2 aliphatic heterocycles. The van der Waals surface area contributed by atoms with Gasteiger partial charge in [0.25, 0.3) is 0 Å². The normalized spacial score (nSPS) is 25.0. The van der Waals surface area contributed by atoms with Gasteiger partial charge in [0.05, 0.1) is 13.7 Å². The van der Waals surface area contributed by atoms with E-state index in [4.69, 9.17) is 29.4 Å². The number of fused-ring (bicyclic) bond motifs is 1. The fourth-order valence-corrected chi connectivity index (χ4v) is 3.36. The molecule has 27 heavy (non-hydrogen) atoms. The Bertz CT molecular complexity index is 818. The number of methoxy groups -OCH3 is 1. The zero-order chi connectivity index (χ0) is 19.0. The van der Waals surface area contributed by atoms with Gasteiger partial charge in [0.1, 0.15) is 18.9 Å². The molecule has 2 N–H and O–H groups in total. The van der Waals surface area contributed by atoms with Gasteiger partial charge in [-0.05, 0) is 33.1 Å². The fourth-order valence-electron chi connectivity index (χ4n) is 3.36. The smallest absolute Gasteiger partial charge is 0.320 e. The minimum absolute atomic E-state index is 0.160. The average molecular weight is 379 g/mol. The van der Waals surface area contributed by atoms with Crippen molar-refractivity contribution < 1.29 is 23.7 Å². The molecule has 2 aromatic heterocycles. The molecular weight excluding hydrogens is 354 g/mol. The van der Waals surface area contributed by atoms with Crippen molar-refractivity contribution in [3.63, 3.8) is 0 Å². The van der Waals surface area contributed by atoms with Gasteiger partial charge in [0.15, 0.2) is 22.8 Å². The number of aromatic nitrogens is 4. The maximum Gasteiger partial charge on any atom is 0.320 e. The monoisotopic (exact) mass is 379 g/mol. The lowest BCUT2D eigenvalue weighted by Crippen LogP contribution is -2.25. The van der Waals surface area contributed by atoms with E-state index in [0.29, 0.717) is 30.4 Å². The predicted octanol–water partition coefficient (Wildman–Crippen LogP) is 1.65. The summed E-state index contributed by atoms with van der Waals surface area (Å²) < 4.78 is 30.1. The number of anilines is 1. The summed E-state index contributed by atoms with van der Waals surface area (Å²) in [4.78, 5) is 13.1. The van der Waals surface area contributed by atoms with Crippen molar-refractivity contribution in [2.45, 2.75) is 51.2 Å². The Kier molecular flexibility index (Phi) is 4.79. The van der Waals surface area contributed by atoms with Crippen LogP contribution in [0.2, 0.25) is 0 Å². The Hall–Kier alpha value is -2.17. The van der Waals surface area contributed by atoms with Crippen LogP contribution >= 0.6 is 0 Å². The molecule has 2 unspecified atom stereocenters. The Morgan fingerprint density at radius 2 is 2.11 bits per heavy atom. The molecule has 0 bridgehead atoms. The van der Waals surface area contributed by atoms with Crippen LogP contribution in [0.1, 0.15) is 39.3 Å². The van der Waals surface area contributed by atoms with E-state index in [1.54, 1.807) is 7.11 Å². The van der Waals surface area contributed by atoms with Gasteiger partial charge in [-0.3, -0.25) is 4.57 Å². The molecule has 4 rings (SSSR count). The van der Waals surface area contributed by atoms with Crippen LogP contribution in [-0.4, -0.2) is 58.3 Å². The van der Waals surface area contributed by atoms with Gasteiger partial charge in [-0.1, -0.05) is 0 Å². The number of hydrogen-bond acceptors (Lipinski definition) is 9. The summed E-state index contributed by atoms with van der Waals surface area (Å²) in [5.41, 5.74) is 7.09. The molecule has 0 amide bonds. The zero-order valence-electron chi connectivity index (χ0n) is 15.8. The molecule has 4 heterocycles. The van der Waals surface area contributed by atoms with E-state index in [0.717, 1.165) is 19.3 Å². The van der Waals surface area contributed by atoms with Gasteiger partial charge in [-0.25, -0.2) is 0 Å². The Morgan fingerprint density at radius 1 is 1.26 bits per heavy atom. The fraction of sp³-hybridized carbons (Fsp3) is 0.706. The lowest BCUT2D eigenvalue weighted by atomic mass is 10.2. The van der Waals surface area contributed by atoms with Gasteiger partial charge in [-0.15, -0.1) is 0 Å². The Morgan fingerprint density at radius 3 is 2.78 bits per heavy atom. The molecule has 10 heteroatoms. The van der Waals surface area contributed by atoms with E-state index in [9.17, 15) is 0 Å². The standard InChI is InChI=1S/C17H25N5O5/c1-17(2)26-9-10(27-17)8-25-15-20-13(18)12-14(21-15)22(16(19-12)23-3)11-6-4-5-7-24-11/h10-11H,4-9H2,1-3H3,(H2,18,20,21). The molecule has 10 nitrogen and oxygen atoms in total. The summed E-state index contributed by atoms with van der Waals surface area (Å²) in [5.74, 6) is -0.380. The Labute approximate surface area is 156 Å². The topological polar surface area (TPSA) is 116 Å². The van der Waals surface area contributed by atoms with Gasteiger partial charge in [0, 0.05) is 6.61 Å². The zero-order valence-corrected chi connectivity index (χ0v) is 15.8. The summed E-state index contributed by atoms with van der Waals surface area (Å²) in [6.07, 6.45) is 2.56. The molecule has 2 saturated heterocycles. The molecule has 2 aliphatic rings. The summed E-state index contributed by atoms with van der Waals surface area (Å²) in [7, 11) is 1.56. The second kappa shape index (κ2) is 7.10. The van der Waals surface area contributed by atoms with E-state index in [-0.39, 0.29) is 30.8 Å². The second-order valence-corrected chi connectivity index (χ2v) is 7.12. The van der Waals surface area contributed by atoms with Gasteiger partial charge in [-0.2, -0.15) is 15.0 Å². The van der Waals surface area contributed by atoms with Crippen LogP contribution in [0.15, 0.2) is 0 Å². The van der Waals surface area contributed by atoms with Crippen LogP contribution < -0.4 is 15.2 Å². The van der Waals surface area contributed by atoms with Crippen LogP contribution in [0.5, 0.6) is 12.0 Å². The lowest BCUT2D eigenvalue weighted by molar-refractivity contribution is -0.141. The highest BCUT2D eigenvalue weighted by atomic mass is 16.7. The van der Waals surface area contributed by atoms with Gasteiger partial charge < -0.3 is 29.4 Å². The molecule has 0 spiro atoms. The molecule has 2 aromatic rings. The van der Waals surface area contributed by atoms with Crippen molar-refractivity contribution in [2.24, 2.45) is 0 Å². The number of nitrogens with two attached hydrogens (primary N) is 1. The van der Waals surface area contributed by atoms with E-state index in [1.165, 1.54) is 0 Å². The third-order valence-corrected chi connectivity index (χ3v) is 4.61. The molecule has 0 aromatic carbocycles. The first-order valence-corrected chi connectivity index (χ1v) is 9.12. The molecule has 2 fully saturated rings. The number of imidazole rings is 1. The van der Waals surface area contributed by atoms with E-state index >= 15 is 0 Å². The predicted molar refractivity (Wildman–Crippen MR) is 95.5 cm³/mol. The first-order valence-electron chi connectivity index (χ1n) is 9.12. The highest BCUT2D eigenvalue weighted by Crippen LogP contribution is 2.33. The summed E-state index contributed by atoms with van der Waals surface area (Å²) in [5, 5.41) is 0. The number of rotatable bonds is 5. The maximum atomic E-state index is 6.09. The SMILES string of the molecule is COc1nc2c(N)nc(OCC3COC(C)(C)O3)nc2n1C1CCCCO1. The molecule has 0 aliphatic carbocycles. The first kappa shape index (κ1) is 18.2. The van der Waals surface area contributed by atoms with Crippen molar-refractivity contribution in [1.29, 1.82) is 0 Å². The number of hydrogen-bond donors (Lipinski definition) is 1. The molecule has 2 atom stereocenters. The van der Waals surface area contributed by atoms with Crippen LogP contribution in [0.25, 0.3) is 11.2 Å². The minimum atomic E-state index is -0.609. The number of nitrogens with zero attached hydrogens (tertiary/aromatic N) is 4. The van der Waals surface area contributed by atoms with E-state index < -0.39 is 5.79 Å². The maximum absolute atomic E-state index is 6.09. The van der Waals surface area contributed by atoms with Gasteiger partial charge in [0.2, 0.25) is 0 Å². The summed E-state index contributed by atoms with van der Waals surface area (Å²) >= 11 is 0. The van der Waals surface area contributed by atoms with Crippen molar-refractivity contribution in [3.05, 3.63) is 0 Å². The van der Waals surface area contributed by atoms with Crippen molar-refractivity contribution >= 4 is 17.0 Å². The van der Waals surface area contributed by atoms with E-state index in [2.05, 4.69) is 15.0 Å². The minimum Gasteiger partial charge on any atom is -0.468 e. The average Bonchev–Trinajstić information content (AvgIpc) is 3.20. The highest BCUT2D eigenvalue weighted by Gasteiger charge is 2.33. The molecule has 0 saturated carbocycles. The third-order valence-electron chi connectivity index (χ3n) is 4.61. The van der Waals surface area contributed by atoms with Gasteiger partial charge >= 0.3 is 12.0 Å².